The van der Waals surface area contributed by atoms with Crippen LogP contribution in [-0.4, -0.2) is 20.2 Å². The molecule has 0 aliphatic carbocycles. The molecule has 0 unspecified atom stereocenters. The normalized spacial score (nSPS) is 5.90. The second kappa shape index (κ2) is 17.4. The summed E-state index contributed by atoms with van der Waals surface area (Å²) in [5.41, 5.74) is 0. The molecular formula is H7FeLi2MnO5P. The van der Waals surface area contributed by atoms with Gasteiger partial charge in [-0.2, -0.15) is 0 Å². The summed E-state index contributed by atoms with van der Waals surface area (Å²) in [5.74, 6) is 0. The summed E-state index contributed by atoms with van der Waals surface area (Å²) in [7, 11) is -4.64. The van der Waals surface area contributed by atoms with Crippen molar-refractivity contribution >= 4 is 7.82 Å². The number of hydrogen-bond acceptors (Lipinski definition) is 1. The van der Waals surface area contributed by atoms with Crippen LogP contribution < -0.4 is 37.7 Å². The monoisotopic (exact) mass is 243 g/mol. The second-order valence-electron chi connectivity index (χ2n) is 0.513. The summed E-state index contributed by atoms with van der Waals surface area (Å²) in [6.07, 6.45) is 0. The number of phosphoric acid groups is 1. The summed E-state index contributed by atoms with van der Waals surface area (Å²) in [6.45, 7) is 0. The van der Waals surface area contributed by atoms with E-state index in [2.05, 4.69) is 0 Å². The van der Waals surface area contributed by atoms with E-state index in [9.17, 15) is 0 Å². The van der Waals surface area contributed by atoms with Gasteiger partial charge in [-0.15, -0.1) is 0 Å². The first-order valence-corrected chi connectivity index (χ1v) is 2.35. The molecule has 0 amide bonds. The largest absolute Gasteiger partial charge is 1.00 e. The predicted octanol–water partition coefficient (Wildman–Crippen LogP) is -7.53. The van der Waals surface area contributed by atoms with Crippen molar-refractivity contribution in [2.75, 3.05) is 0 Å². The van der Waals surface area contributed by atoms with Crippen LogP contribution in [0.2, 0.25) is 0 Å². The van der Waals surface area contributed by atoms with Gasteiger partial charge in [-0.05, 0) is 0 Å². The molecule has 0 aromatic rings. The van der Waals surface area contributed by atoms with Crippen LogP contribution in [0.3, 0.4) is 0 Å². The van der Waals surface area contributed by atoms with Crippen LogP contribution >= 0.6 is 7.82 Å². The van der Waals surface area contributed by atoms with Gasteiger partial charge in [0, 0.05) is 34.1 Å². The molecule has 0 heterocycles. The first kappa shape index (κ1) is 39.6. The minimum absolute atomic E-state index is 0. The fourth-order valence-electron chi connectivity index (χ4n) is 0. The molecule has 0 aliphatic heterocycles. The van der Waals surface area contributed by atoms with E-state index in [1.165, 1.54) is 0 Å². The standard InChI is InChI=1S/Fe.2Li.Mn.H3O4P.H2O.2H/c;;;;1-5(2,3)4;;;/h;;;;(H3,1,2,3,4);1H2;;/q;2*+1;;;;2*-1. The third kappa shape index (κ3) is 168. The van der Waals surface area contributed by atoms with E-state index >= 15 is 0 Å². The first-order valence-electron chi connectivity index (χ1n) is 0.783. The van der Waals surface area contributed by atoms with Crippen LogP contribution in [0.25, 0.3) is 0 Å². The molecule has 0 saturated heterocycles. The second-order valence-corrected chi connectivity index (χ2v) is 1.54. The van der Waals surface area contributed by atoms with E-state index in [4.69, 9.17) is 19.2 Å². The molecule has 59 valence electrons. The summed E-state index contributed by atoms with van der Waals surface area (Å²) >= 11 is 0. The van der Waals surface area contributed by atoms with Crippen molar-refractivity contribution in [3.8, 4) is 0 Å². The minimum Gasteiger partial charge on any atom is -1.00 e. The maximum Gasteiger partial charge on any atom is 1.00 e. The molecule has 0 saturated carbocycles. The molecule has 10 heteroatoms. The van der Waals surface area contributed by atoms with Crippen LogP contribution in [0.1, 0.15) is 2.85 Å². The van der Waals surface area contributed by atoms with Crippen LogP contribution in [0.15, 0.2) is 0 Å². The fraction of sp³-hybridized carbons (Fsp3) is 0. The van der Waals surface area contributed by atoms with Crippen LogP contribution in [0.5, 0.6) is 0 Å². The topological polar surface area (TPSA) is 109 Å². The van der Waals surface area contributed by atoms with Crippen molar-refractivity contribution in [2.45, 2.75) is 0 Å². The summed E-state index contributed by atoms with van der Waals surface area (Å²) < 4.78 is 8.88. The van der Waals surface area contributed by atoms with Gasteiger partial charge in [-0.3, -0.25) is 0 Å². The van der Waals surface area contributed by atoms with Gasteiger partial charge in [0.05, 0.1) is 0 Å². The summed E-state index contributed by atoms with van der Waals surface area (Å²) in [6, 6.07) is 0. The molecule has 1 radical (unpaired) electrons. The quantitative estimate of drug-likeness (QED) is 0.290. The Hall–Kier alpha value is 2.30. The molecule has 0 bridgehead atoms. The Morgan fingerprint density at radius 3 is 1.10 bits per heavy atom. The average molecular weight is 243 g/mol. The van der Waals surface area contributed by atoms with Crippen LogP contribution in [0, 0.1) is 0 Å². The Morgan fingerprint density at radius 2 is 1.10 bits per heavy atom. The summed E-state index contributed by atoms with van der Waals surface area (Å²) in [4.78, 5) is 21.6. The average Bonchev–Trinajstić information content (AvgIpc) is 0.722. The SMILES string of the molecule is O.O=P(O)(O)O.[Fe].[H-].[H-].[Li+].[Li+].[Mn]. The molecule has 0 aliphatic rings. The van der Waals surface area contributed by atoms with Crippen molar-refractivity contribution in [1.29, 1.82) is 0 Å². The van der Waals surface area contributed by atoms with Crippen molar-refractivity contribution in [3.63, 3.8) is 0 Å². The molecule has 0 rings (SSSR count). The molecule has 0 aromatic carbocycles. The number of rotatable bonds is 0. The third-order valence-electron chi connectivity index (χ3n) is 0. The smallest absolute Gasteiger partial charge is 1.00 e. The fourth-order valence-corrected chi connectivity index (χ4v) is 0. The Balaban J connectivity index is -0.00000000381. The Morgan fingerprint density at radius 1 is 1.10 bits per heavy atom. The van der Waals surface area contributed by atoms with Gasteiger partial charge in [0.25, 0.3) is 0 Å². The van der Waals surface area contributed by atoms with E-state index < -0.39 is 7.82 Å². The van der Waals surface area contributed by atoms with E-state index in [0.717, 1.165) is 0 Å². The number of hydrogen-bond donors (Lipinski definition) is 3. The zero-order valence-electron chi connectivity index (χ0n) is 7.43. The molecule has 5 N–H and O–H groups in total. The van der Waals surface area contributed by atoms with E-state index in [0.29, 0.717) is 0 Å². The maximum absolute atomic E-state index is 8.88. The van der Waals surface area contributed by atoms with Gasteiger partial charge in [0.15, 0.2) is 0 Å². The van der Waals surface area contributed by atoms with Gasteiger partial charge >= 0.3 is 45.5 Å². The Kier molecular flexibility index (Phi) is 68.9. The predicted molar refractivity (Wildman–Crippen MR) is 20.1 cm³/mol. The molecular weight excluding hydrogens is 236 g/mol. The van der Waals surface area contributed by atoms with Crippen LogP contribution in [0.4, 0.5) is 0 Å². The van der Waals surface area contributed by atoms with E-state index in [1.807, 2.05) is 0 Å². The Bertz CT molecular complexity index is 73.6. The van der Waals surface area contributed by atoms with Gasteiger partial charge < -0.3 is 23.0 Å². The van der Waals surface area contributed by atoms with Gasteiger partial charge in [-0.1, -0.05) is 0 Å². The van der Waals surface area contributed by atoms with Crippen molar-refractivity contribution in [3.05, 3.63) is 0 Å². The zero-order chi connectivity index (χ0) is 4.50. The van der Waals surface area contributed by atoms with Crippen LogP contribution in [-0.2, 0) is 38.7 Å². The molecule has 0 atom stereocenters. The molecule has 10 heavy (non-hydrogen) atoms. The molecule has 0 aromatic heterocycles. The maximum atomic E-state index is 8.88. The zero-order valence-corrected chi connectivity index (χ0v) is 8.61. The molecule has 0 spiro atoms. The van der Waals surface area contributed by atoms with E-state index in [1.54, 1.807) is 0 Å². The molecule has 5 nitrogen and oxygen atoms in total. The van der Waals surface area contributed by atoms with Gasteiger partial charge in [0.1, 0.15) is 0 Å². The van der Waals surface area contributed by atoms with Crippen molar-refractivity contribution < 1.29 is 99.4 Å². The first-order chi connectivity index (χ1) is 2.00. The van der Waals surface area contributed by atoms with Gasteiger partial charge in [-0.25, -0.2) is 4.57 Å². The Labute approximate surface area is 107 Å². The van der Waals surface area contributed by atoms with Crippen molar-refractivity contribution in [2.24, 2.45) is 0 Å². The minimum atomic E-state index is -4.64. The van der Waals surface area contributed by atoms with Crippen molar-refractivity contribution in [1.82, 2.24) is 0 Å². The molecule has 0 fully saturated rings. The third-order valence-corrected chi connectivity index (χ3v) is 0. The van der Waals surface area contributed by atoms with E-state index in [-0.39, 0.29) is 80.2 Å². The summed E-state index contributed by atoms with van der Waals surface area (Å²) in [5, 5.41) is 0. The van der Waals surface area contributed by atoms with Gasteiger partial charge in [0.2, 0.25) is 0 Å².